The number of hydrogen-bond donors (Lipinski definition) is 1. The van der Waals surface area contributed by atoms with Gasteiger partial charge in [0.1, 0.15) is 6.61 Å². The van der Waals surface area contributed by atoms with Crippen molar-refractivity contribution in [2.75, 3.05) is 6.54 Å². The van der Waals surface area contributed by atoms with Gasteiger partial charge in [0.25, 0.3) is 5.91 Å². The monoisotopic (exact) mass is 391 g/mol. The number of pyridine rings is 2. The van der Waals surface area contributed by atoms with E-state index < -0.39 is 0 Å². The highest BCUT2D eigenvalue weighted by molar-refractivity contribution is 9.10. The summed E-state index contributed by atoms with van der Waals surface area (Å²) in [7, 11) is 0. The van der Waals surface area contributed by atoms with Crippen molar-refractivity contribution in [3.63, 3.8) is 0 Å². The average molecular weight is 392 g/mol. The zero-order valence-electron chi connectivity index (χ0n) is 14.2. The summed E-state index contributed by atoms with van der Waals surface area (Å²) in [5, 5.41) is 2.91. The van der Waals surface area contributed by atoms with Crippen LogP contribution in [0.25, 0.3) is 0 Å². The third-order valence-electron chi connectivity index (χ3n) is 3.36. The maximum Gasteiger partial charge on any atom is 0.252 e. The van der Waals surface area contributed by atoms with E-state index in [1.807, 2.05) is 12.1 Å². The van der Waals surface area contributed by atoms with Crippen molar-refractivity contribution in [1.82, 2.24) is 15.3 Å². The first kappa shape index (κ1) is 18.4. The van der Waals surface area contributed by atoms with Crippen molar-refractivity contribution in [2.45, 2.75) is 33.8 Å². The molecule has 0 fully saturated rings. The highest BCUT2D eigenvalue weighted by Crippen LogP contribution is 2.24. The number of rotatable bonds is 6. The number of nitrogens with zero attached hydrogens (tertiary/aromatic N) is 2. The Morgan fingerprint density at radius 3 is 2.62 bits per heavy atom. The van der Waals surface area contributed by atoms with Crippen LogP contribution in [0.4, 0.5) is 0 Å². The first-order chi connectivity index (χ1) is 11.3. The lowest BCUT2D eigenvalue weighted by atomic mass is 9.92. The standard InChI is InChI=1S/C18H22BrN3O2/c1-18(2,3)6-9-21-16(23)14-10-15(19)17(22-11-14)24-12-13-4-7-20-8-5-13/h4-5,7-8,10-11H,6,9,12H2,1-3H3,(H,21,23). The first-order valence-corrected chi connectivity index (χ1v) is 8.60. The van der Waals surface area contributed by atoms with Gasteiger partial charge in [-0.1, -0.05) is 20.8 Å². The number of ether oxygens (including phenoxy) is 1. The molecular weight excluding hydrogens is 370 g/mol. The molecule has 0 aliphatic heterocycles. The van der Waals surface area contributed by atoms with Crippen molar-refractivity contribution < 1.29 is 9.53 Å². The second kappa shape index (κ2) is 8.24. The summed E-state index contributed by atoms with van der Waals surface area (Å²) < 4.78 is 6.32. The lowest BCUT2D eigenvalue weighted by molar-refractivity contribution is 0.0949. The van der Waals surface area contributed by atoms with Gasteiger partial charge in [0.2, 0.25) is 5.88 Å². The SMILES string of the molecule is CC(C)(C)CCNC(=O)c1cnc(OCc2ccncc2)c(Br)c1. The van der Waals surface area contributed by atoms with E-state index in [1.54, 1.807) is 18.5 Å². The fourth-order valence-electron chi connectivity index (χ4n) is 1.94. The summed E-state index contributed by atoms with van der Waals surface area (Å²) in [5.41, 5.74) is 1.70. The molecule has 6 heteroatoms. The zero-order chi connectivity index (χ0) is 17.6. The molecule has 0 bridgehead atoms. The Bertz CT molecular complexity index is 684. The number of halogens is 1. The largest absolute Gasteiger partial charge is 0.472 e. The van der Waals surface area contributed by atoms with Crippen LogP contribution in [-0.2, 0) is 6.61 Å². The lowest BCUT2D eigenvalue weighted by Crippen LogP contribution is -2.27. The molecule has 0 aromatic carbocycles. The van der Waals surface area contributed by atoms with Gasteiger partial charge in [-0.2, -0.15) is 0 Å². The summed E-state index contributed by atoms with van der Waals surface area (Å²) in [6.07, 6.45) is 5.87. The molecule has 1 N–H and O–H groups in total. The molecule has 0 saturated heterocycles. The molecule has 2 aromatic rings. The second-order valence-electron chi connectivity index (χ2n) is 6.72. The number of carbonyl (C=O) groups is 1. The molecule has 0 aliphatic carbocycles. The maximum absolute atomic E-state index is 12.2. The smallest absolute Gasteiger partial charge is 0.252 e. The summed E-state index contributed by atoms with van der Waals surface area (Å²) in [4.78, 5) is 20.3. The van der Waals surface area contributed by atoms with Gasteiger partial charge in [-0.05, 0) is 51.5 Å². The van der Waals surface area contributed by atoms with Crippen LogP contribution in [0.3, 0.4) is 0 Å². The minimum Gasteiger partial charge on any atom is -0.472 e. The Morgan fingerprint density at radius 1 is 1.29 bits per heavy atom. The van der Waals surface area contributed by atoms with Crippen molar-refractivity contribution in [2.24, 2.45) is 5.41 Å². The number of carbonyl (C=O) groups excluding carboxylic acids is 1. The minimum atomic E-state index is -0.131. The maximum atomic E-state index is 12.2. The van der Waals surface area contributed by atoms with E-state index >= 15 is 0 Å². The van der Waals surface area contributed by atoms with Crippen molar-refractivity contribution >= 4 is 21.8 Å². The predicted octanol–water partition coefficient (Wildman–Crippen LogP) is 3.98. The number of aromatic nitrogens is 2. The quantitative estimate of drug-likeness (QED) is 0.808. The van der Waals surface area contributed by atoms with Gasteiger partial charge in [0, 0.05) is 25.1 Å². The normalized spacial score (nSPS) is 11.2. The highest BCUT2D eigenvalue weighted by atomic mass is 79.9. The van der Waals surface area contributed by atoms with Crippen LogP contribution in [-0.4, -0.2) is 22.4 Å². The van der Waals surface area contributed by atoms with Crippen LogP contribution in [0.5, 0.6) is 5.88 Å². The molecule has 24 heavy (non-hydrogen) atoms. The Morgan fingerprint density at radius 2 is 2.00 bits per heavy atom. The second-order valence-corrected chi connectivity index (χ2v) is 7.58. The topological polar surface area (TPSA) is 64.1 Å². The van der Waals surface area contributed by atoms with Gasteiger partial charge in [-0.25, -0.2) is 4.98 Å². The van der Waals surface area contributed by atoms with Crippen molar-refractivity contribution in [1.29, 1.82) is 0 Å². The number of hydrogen-bond acceptors (Lipinski definition) is 4. The number of nitrogens with one attached hydrogen (secondary N) is 1. The summed E-state index contributed by atoms with van der Waals surface area (Å²) >= 11 is 3.41. The van der Waals surface area contributed by atoms with Gasteiger partial charge in [0.05, 0.1) is 10.0 Å². The molecule has 128 valence electrons. The molecule has 5 nitrogen and oxygen atoms in total. The van der Waals surface area contributed by atoms with Crippen LogP contribution in [0.1, 0.15) is 43.1 Å². The summed E-state index contributed by atoms with van der Waals surface area (Å²) in [6.45, 7) is 7.47. The van der Waals surface area contributed by atoms with E-state index in [4.69, 9.17) is 4.74 Å². The van der Waals surface area contributed by atoms with E-state index in [2.05, 4.69) is 52.0 Å². The van der Waals surface area contributed by atoms with Gasteiger partial charge in [0.15, 0.2) is 0 Å². The molecule has 1 amide bonds. The van der Waals surface area contributed by atoms with Crippen molar-refractivity contribution in [3.8, 4) is 5.88 Å². The van der Waals surface area contributed by atoms with Crippen LogP contribution in [0, 0.1) is 5.41 Å². The van der Waals surface area contributed by atoms with Crippen LogP contribution >= 0.6 is 15.9 Å². The van der Waals surface area contributed by atoms with Gasteiger partial charge >= 0.3 is 0 Å². The summed E-state index contributed by atoms with van der Waals surface area (Å²) in [6, 6.07) is 5.48. The molecule has 0 saturated carbocycles. The number of amides is 1. The van der Waals surface area contributed by atoms with E-state index in [9.17, 15) is 4.79 Å². The molecule has 2 aromatic heterocycles. The highest BCUT2D eigenvalue weighted by Gasteiger charge is 2.13. The Kier molecular flexibility index (Phi) is 6.31. The molecule has 0 radical (unpaired) electrons. The van der Waals surface area contributed by atoms with Gasteiger partial charge < -0.3 is 10.1 Å². The molecular formula is C18H22BrN3O2. The molecule has 2 rings (SSSR count). The average Bonchev–Trinajstić information content (AvgIpc) is 2.53. The van der Waals surface area contributed by atoms with Gasteiger partial charge in [-0.15, -0.1) is 0 Å². The Hall–Kier alpha value is -1.95. The Balaban J connectivity index is 1.92. The molecule has 0 atom stereocenters. The van der Waals surface area contributed by atoms with Crippen LogP contribution < -0.4 is 10.1 Å². The molecule has 0 unspecified atom stereocenters. The van der Waals surface area contributed by atoms with E-state index in [0.717, 1.165) is 12.0 Å². The zero-order valence-corrected chi connectivity index (χ0v) is 15.8. The first-order valence-electron chi connectivity index (χ1n) is 7.80. The summed E-state index contributed by atoms with van der Waals surface area (Å²) in [5.74, 6) is 0.325. The van der Waals surface area contributed by atoms with Crippen LogP contribution in [0.15, 0.2) is 41.3 Å². The molecule has 0 aliphatic rings. The fraction of sp³-hybridized carbons (Fsp3) is 0.389. The van der Waals surface area contributed by atoms with E-state index in [-0.39, 0.29) is 11.3 Å². The lowest BCUT2D eigenvalue weighted by Gasteiger charge is -2.18. The third-order valence-corrected chi connectivity index (χ3v) is 3.92. The fourth-order valence-corrected chi connectivity index (χ4v) is 2.40. The van der Waals surface area contributed by atoms with Crippen LogP contribution in [0.2, 0.25) is 0 Å². The Labute approximate surface area is 151 Å². The minimum absolute atomic E-state index is 0.131. The predicted molar refractivity (Wildman–Crippen MR) is 96.9 cm³/mol. The molecule has 2 heterocycles. The molecule has 0 spiro atoms. The third kappa shape index (κ3) is 5.92. The van der Waals surface area contributed by atoms with Gasteiger partial charge in [-0.3, -0.25) is 9.78 Å². The van der Waals surface area contributed by atoms with Crippen molar-refractivity contribution in [3.05, 3.63) is 52.4 Å². The van der Waals surface area contributed by atoms with E-state index in [1.165, 1.54) is 6.20 Å². The van der Waals surface area contributed by atoms with E-state index in [0.29, 0.717) is 29.1 Å².